The summed E-state index contributed by atoms with van der Waals surface area (Å²) in [7, 11) is 0. The van der Waals surface area contributed by atoms with Crippen LogP contribution in [-0.2, 0) is 0 Å². The molecule has 0 N–H and O–H groups in total. The Bertz CT molecular complexity index is 318. The summed E-state index contributed by atoms with van der Waals surface area (Å²) in [4.78, 5) is 19.4. The molecule has 0 aromatic carbocycles. The van der Waals surface area contributed by atoms with Crippen LogP contribution in [0.2, 0.25) is 0 Å². The molecule has 0 amide bonds. The Morgan fingerprint density at radius 2 is 2.50 bits per heavy atom. The Balaban J connectivity index is 2.28. The van der Waals surface area contributed by atoms with Gasteiger partial charge >= 0.3 is 5.70 Å². The average molecular weight is 166 g/mol. The molecule has 0 radical (unpaired) electrons. The first kappa shape index (κ1) is 6.96. The van der Waals surface area contributed by atoms with Gasteiger partial charge in [0.2, 0.25) is 5.96 Å². The van der Waals surface area contributed by atoms with Gasteiger partial charge in [0.25, 0.3) is 0 Å². The van der Waals surface area contributed by atoms with Crippen molar-refractivity contribution in [1.82, 2.24) is 4.90 Å². The van der Waals surface area contributed by atoms with E-state index in [2.05, 4.69) is 9.98 Å². The summed E-state index contributed by atoms with van der Waals surface area (Å²) in [6.45, 7) is 1.35. The lowest BCUT2D eigenvalue weighted by Crippen LogP contribution is -2.25. The molecule has 0 spiro atoms. The van der Waals surface area contributed by atoms with Crippen LogP contribution in [0.5, 0.6) is 0 Å². The van der Waals surface area contributed by atoms with E-state index < -0.39 is 4.92 Å². The molecule has 2 aliphatic heterocycles. The van der Waals surface area contributed by atoms with Crippen molar-refractivity contribution in [2.24, 2.45) is 9.98 Å². The van der Waals surface area contributed by atoms with Gasteiger partial charge in [0.1, 0.15) is 6.21 Å². The lowest BCUT2D eigenvalue weighted by atomic mass is 10.4. The SMILES string of the molecule is O=[N+]([O-])C1=CN2CCN=C2N=C1. The van der Waals surface area contributed by atoms with E-state index in [0.717, 1.165) is 0 Å². The zero-order valence-electron chi connectivity index (χ0n) is 6.17. The van der Waals surface area contributed by atoms with Gasteiger partial charge in [0.15, 0.2) is 0 Å². The first-order valence-corrected chi connectivity index (χ1v) is 3.49. The van der Waals surface area contributed by atoms with E-state index in [1.165, 1.54) is 12.4 Å². The molecule has 0 aliphatic carbocycles. The number of nitrogens with zero attached hydrogens (tertiary/aromatic N) is 4. The van der Waals surface area contributed by atoms with Crippen LogP contribution in [0.3, 0.4) is 0 Å². The van der Waals surface area contributed by atoms with Crippen molar-refractivity contribution < 1.29 is 4.92 Å². The molecule has 12 heavy (non-hydrogen) atoms. The summed E-state index contributed by atoms with van der Waals surface area (Å²) in [5.74, 6) is 0.570. The molecule has 6 heteroatoms. The molecule has 2 rings (SSSR count). The van der Waals surface area contributed by atoms with Crippen LogP contribution < -0.4 is 0 Å². The predicted molar refractivity (Wildman–Crippen MR) is 42.6 cm³/mol. The number of nitro groups is 1. The van der Waals surface area contributed by atoms with E-state index in [1.807, 2.05) is 0 Å². The summed E-state index contributed by atoms with van der Waals surface area (Å²) < 4.78 is 0. The van der Waals surface area contributed by atoms with Gasteiger partial charge < -0.3 is 4.90 Å². The second-order valence-corrected chi connectivity index (χ2v) is 2.44. The molecular formula is C6H6N4O2. The number of rotatable bonds is 1. The van der Waals surface area contributed by atoms with Crippen molar-refractivity contribution in [2.75, 3.05) is 13.1 Å². The van der Waals surface area contributed by atoms with E-state index in [0.29, 0.717) is 19.0 Å². The Kier molecular flexibility index (Phi) is 1.39. The quantitative estimate of drug-likeness (QED) is 0.402. The second kappa shape index (κ2) is 2.40. The Hall–Kier alpha value is -1.72. The van der Waals surface area contributed by atoms with E-state index >= 15 is 0 Å². The summed E-state index contributed by atoms with van der Waals surface area (Å²) in [6, 6.07) is 0. The summed E-state index contributed by atoms with van der Waals surface area (Å²) >= 11 is 0. The zero-order chi connectivity index (χ0) is 8.55. The van der Waals surface area contributed by atoms with Gasteiger partial charge in [-0.15, -0.1) is 0 Å². The Morgan fingerprint density at radius 1 is 1.67 bits per heavy atom. The zero-order valence-corrected chi connectivity index (χ0v) is 6.17. The van der Waals surface area contributed by atoms with Crippen LogP contribution in [0.4, 0.5) is 0 Å². The van der Waals surface area contributed by atoms with Gasteiger partial charge in [0, 0.05) is 6.54 Å². The molecule has 0 fully saturated rings. The standard InChI is InChI=1S/C6H6N4O2/c11-10(12)5-3-8-6-7-1-2-9(6)4-5/h3-4H,1-2H2. The third kappa shape index (κ3) is 0.969. The topological polar surface area (TPSA) is 71.1 Å². The molecule has 2 heterocycles. The Labute approximate surface area is 68.1 Å². The molecule has 0 aromatic heterocycles. The Morgan fingerprint density at radius 3 is 3.25 bits per heavy atom. The molecule has 0 saturated heterocycles. The minimum atomic E-state index is -0.460. The number of hydrogen-bond acceptors (Lipinski definition) is 5. The van der Waals surface area contributed by atoms with Crippen LogP contribution in [0.15, 0.2) is 21.9 Å². The van der Waals surface area contributed by atoms with Gasteiger partial charge in [-0.05, 0) is 0 Å². The molecule has 0 atom stereocenters. The highest BCUT2D eigenvalue weighted by molar-refractivity contribution is 5.96. The molecule has 0 bridgehead atoms. The van der Waals surface area contributed by atoms with Gasteiger partial charge in [0.05, 0.1) is 17.7 Å². The van der Waals surface area contributed by atoms with Gasteiger partial charge in [-0.2, -0.15) is 0 Å². The normalized spacial score (nSPS) is 20.2. The lowest BCUT2D eigenvalue weighted by molar-refractivity contribution is -0.415. The number of guanidine groups is 1. The third-order valence-corrected chi connectivity index (χ3v) is 1.66. The van der Waals surface area contributed by atoms with E-state index in [4.69, 9.17) is 0 Å². The molecule has 0 aromatic rings. The molecule has 62 valence electrons. The fourth-order valence-electron chi connectivity index (χ4n) is 1.10. The van der Waals surface area contributed by atoms with Crippen molar-refractivity contribution in [1.29, 1.82) is 0 Å². The summed E-state index contributed by atoms with van der Waals surface area (Å²) in [5.41, 5.74) is 0.0100. The molecular weight excluding hydrogens is 160 g/mol. The van der Waals surface area contributed by atoms with Crippen molar-refractivity contribution >= 4 is 12.2 Å². The fourth-order valence-corrected chi connectivity index (χ4v) is 1.10. The van der Waals surface area contributed by atoms with Gasteiger partial charge in [-0.1, -0.05) is 0 Å². The summed E-state index contributed by atoms with van der Waals surface area (Å²) in [6.07, 6.45) is 2.68. The number of fused-ring (bicyclic) bond motifs is 1. The van der Waals surface area contributed by atoms with Gasteiger partial charge in [-0.25, -0.2) is 9.98 Å². The van der Waals surface area contributed by atoms with Crippen molar-refractivity contribution in [2.45, 2.75) is 0 Å². The third-order valence-electron chi connectivity index (χ3n) is 1.66. The highest BCUT2D eigenvalue weighted by atomic mass is 16.6. The summed E-state index contributed by atoms with van der Waals surface area (Å²) in [5, 5.41) is 10.3. The van der Waals surface area contributed by atoms with Crippen LogP contribution in [0.1, 0.15) is 0 Å². The largest absolute Gasteiger partial charge is 0.309 e. The van der Waals surface area contributed by atoms with Crippen molar-refractivity contribution in [3.05, 3.63) is 22.0 Å². The van der Waals surface area contributed by atoms with Crippen molar-refractivity contribution in [3.8, 4) is 0 Å². The number of allylic oxidation sites excluding steroid dienone is 1. The maximum absolute atomic E-state index is 10.3. The van der Waals surface area contributed by atoms with Crippen LogP contribution in [0.25, 0.3) is 0 Å². The van der Waals surface area contributed by atoms with Crippen LogP contribution in [0, 0.1) is 10.1 Å². The van der Waals surface area contributed by atoms with Gasteiger partial charge in [-0.3, -0.25) is 10.1 Å². The molecule has 2 aliphatic rings. The smallest absolute Gasteiger partial charge is 0.303 e. The number of aliphatic imine (C=N–C) groups is 2. The first-order valence-electron chi connectivity index (χ1n) is 3.49. The minimum Gasteiger partial charge on any atom is -0.309 e. The second-order valence-electron chi connectivity index (χ2n) is 2.44. The maximum Gasteiger partial charge on any atom is 0.303 e. The minimum absolute atomic E-state index is 0.0100. The maximum atomic E-state index is 10.3. The average Bonchev–Trinajstić information content (AvgIpc) is 2.49. The highest BCUT2D eigenvalue weighted by Gasteiger charge is 2.22. The lowest BCUT2D eigenvalue weighted by Gasteiger charge is -2.13. The number of hydrogen-bond donors (Lipinski definition) is 0. The molecule has 0 unspecified atom stereocenters. The van der Waals surface area contributed by atoms with E-state index in [-0.39, 0.29) is 5.70 Å². The molecule has 0 saturated carbocycles. The van der Waals surface area contributed by atoms with E-state index in [1.54, 1.807) is 4.90 Å². The van der Waals surface area contributed by atoms with Crippen LogP contribution >= 0.6 is 0 Å². The van der Waals surface area contributed by atoms with Crippen LogP contribution in [-0.4, -0.2) is 35.1 Å². The molecule has 6 nitrogen and oxygen atoms in total. The highest BCUT2D eigenvalue weighted by Crippen LogP contribution is 2.10. The first-order chi connectivity index (χ1) is 5.77. The van der Waals surface area contributed by atoms with E-state index in [9.17, 15) is 10.1 Å². The van der Waals surface area contributed by atoms with Crippen molar-refractivity contribution in [3.63, 3.8) is 0 Å². The predicted octanol–water partition coefficient (Wildman–Crippen LogP) is -0.140. The fraction of sp³-hybridized carbons (Fsp3) is 0.333. The monoisotopic (exact) mass is 166 g/mol.